The van der Waals surface area contributed by atoms with Crippen LogP contribution in [0.3, 0.4) is 0 Å². The minimum atomic E-state index is -0.781. The van der Waals surface area contributed by atoms with Crippen LogP contribution in [0.15, 0.2) is 73.7 Å². The molecule has 0 aliphatic carbocycles. The van der Waals surface area contributed by atoms with Crippen LogP contribution in [0.2, 0.25) is 5.02 Å². The number of halogens is 2. The molecule has 2 heterocycles. The molecule has 1 atom stereocenters. The average molecular weight is 475 g/mol. The van der Waals surface area contributed by atoms with E-state index in [2.05, 4.69) is 36.2 Å². The second-order valence-electron chi connectivity index (χ2n) is 5.98. The van der Waals surface area contributed by atoms with Crippen molar-refractivity contribution in [3.05, 3.63) is 63.4 Å². The fourth-order valence-electron chi connectivity index (χ4n) is 2.59. The molecule has 0 radical (unpaired) electrons. The van der Waals surface area contributed by atoms with E-state index >= 15 is 0 Å². The molecular weight excluding hydrogens is 462 g/mol. The van der Waals surface area contributed by atoms with Gasteiger partial charge in [0.2, 0.25) is 5.13 Å². The second-order valence-corrected chi connectivity index (χ2v) is 8.14. The number of thiazole rings is 1. The van der Waals surface area contributed by atoms with Gasteiger partial charge in [-0.2, -0.15) is 20.3 Å². The number of rotatable bonds is 4. The zero-order valence-electron chi connectivity index (χ0n) is 14.6. The highest BCUT2D eigenvalue weighted by Crippen LogP contribution is 2.31. The van der Waals surface area contributed by atoms with Gasteiger partial charge in [-0.3, -0.25) is 4.79 Å². The zero-order chi connectivity index (χ0) is 19.7. The van der Waals surface area contributed by atoms with E-state index in [1.54, 1.807) is 19.1 Å². The van der Waals surface area contributed by atoms with Crippen molar-refractivity contribution in [3.8, 4) is 11.3 Å². The van der Waals surface area contributed by atoms with Crippen molar-refractivity contribution in [1.29, 1.82) is 0 Å². The third-order valence-electron chi connectivity index (χ3n) is 4.04. The van der Waals surface area contributed by atoms with Crippen LogP contribution in [0, 0.1) is 0 Å². The number of carbonyl (C=O) groups excluding carboxylic acids is 1. The lowest BCUT2D eigenvalue weighted by atomic mass is 10.2. The molecule has 0 N–H and O–H groups in total. The Balaban J connectivity index is 1.55. The zero-order valence-corrected chi connectivity index (χ0v) is 17.7. The van der Waals surface area contributed by atoms with E-state index < -0.39 is 6.04 Å². The summed E-state index contributed by atoms with van der Waals surface area (Å²) in [5, 5.41) is 16.8. The molecule has 0 unspecified atom stereocenters. The van der Waals surface area contributed by atoms with Crippen molar-refractivity contribution >= 4 is 61.3 Å². The molecule has 1 amide bonds. The van der Waals surface area contributed by atoms with E-state index in [9.17, 15) is 4.79 Å². The van der Waals surface area contributed by atoms with Crippen LogP contribution < -0.4 is 5.01 Å². The van der Waals surface area contributed by atoms with Crippen molar-refractivity contribution in [2.45, 2.75) is 13.0 Å². The summed E-state index contributed by atoms with van der Waals surface area (Å²) in [5.41, 5.74) is 2.82. The normalized spacial score (nSPS) is 16.8. The van der Waals surface area contributed by atoms with Gasteiger partial charge in [-0.15, -0.1) is 11.3 Å². The van der Waals surface area contributed by atoms with Crippen LogP contribution in [-0.4, -0.2) is 22.6 Å². The summed E-state index contributed by atoms with van der Waals surface area (Å²) in [5.74, 6) is -0.287. The van der Waals surface area contributed by atoms with Crippen LogP contribution >= 0.6 is 38.9 Å². The summed E-state index contributed by atoms with van der Waals surface area (Å²) in [4.78, 5) is 17.3. The molecule has 1 aliphatic heterocycles. The Bertz CT molecular complexity index is 1100. The highest BCUT2D eigenvalue weighted by Gasteiger charge is 2.36. The number of amides is 1. The van der Waals surface area contributed by atoms with E-state index in [1.807, 2.05) is 41.8 Å². The molecule has 28 heavy (non-hydrogen) atoms. The standard InChI is InChI=1S/C19H13BrClN5OS/c1-11-17(24-23-15-5-3-2-4-14(15)21)18(27)26(25-11)19-22-16(10-28-19)12-6-8-13(20)9-7-12/h2-10,17H,1H3/t17-/m1/s1. The molecule has 0 saturated carbocycles. The maximum absolute atomic E-state index is 12.8. The van der Waals surface area contributed by atoms with Gasteiger partial charge in [0.05, 0.1) is 16.4 Å². The van der Waals surface area contributed by atoms with Gasteiger partial charge < -0.3 is 0 Å². The predicted molar refractivity (Wildman–Crippen MR) is 116 cm³/mol. The monoisotopic (exact) mass is 473 g/mol. The smallest absolute Gasteiger partial charge is 0.269 e. The fourth-order valence-corrected chi connectivity index (χ4v) is 3.82. The Labute approximate surface area is 178 Å². The number of carbonyl (C=O) groups is 1. The Kier molecular flexibility index (Phi) is 5.34. The van der Waals surface area contributed by atoms with Crippen LogP contribution in [0.1, 0.15) is 6.92 Å². The molecule has 4 rings (SSSR count). The maximum Gasteiger partial charge on any atom is 0.282 e. The van der Waals surface area contributed by atoms with Crippen LogP contribution in [0.25, 0.3) is 11.3 Å². The van der Waals surface area contributed by atoms with Gasteiger partial charge in [-0.05, 0) is 31.2 Å². The summed E-state index contributed by atoms with van der Waals surface area (Å²) in [6.45, 7) is 1.75. The Hall–Kier alpha value is -2.42. The molecule has 0 spiro atoms. The number of anilines is 1. The summed E-state index contributed by atoms with van der Waals surface area (Å²) < 4.78 is 0.994. The Morgan fingerprint density at radius 1 is 1.18 bits per heavy atom. The van der Waals surface area contributed by atoms with Gasteiger partial charge in [0.25, 0.3) is 5.91 Å². The highest BCUT2D eigenvalue weighted by atomic mass is 79.9. The van der Waals surface area contributed by atoms with Crippen LogP contribution in [0.5, 0.6) is 0 Å². The summed E-state index contributed by atoms with van der Waals surface area (Å²) >= 11 is 10.9. The molecular formula is C19H13BrClN5OS. The van der Waals surface area contributed by atoms with Gasteiger partial charge in [-0.25, -0.2) is 4.98 Å². The topological polar surface area (TPSA) is 70.3 Å². The number of hydrazone groups is 1. The summed E-state index contributed by atoms with van der Waals surface area (Å²) in [6, 6.07) is 14.1. The van der Waals surface area contributed by atoms with Crippen LogP contribution in [-0.2, 0) is 4.79 Å². The minimum Gasteiger partial charge on any atom is -0.269 e. The molecule has 140 valence electrons. The molecule has 6 nitrogen and oxygen atoms in total. The van der Waals surface area contributed by atoms with Gasteiger partial charge >= 0.3 is 0 Å². The third-order valence-corrected chi connectivity index (χ3v) is 5.71. The second kappa shape index (κ2) is 7.90. The number of hydrogen-bond acceptors (Lipinski definition) is 6. The van der Waals surface area contributed by atoms with Crippen molar-refractivity contribution < 1.29 is 4.79 Å². The molecule has 9 heteroatoms. The highest BCUT2D eigenvalue weighted by molar-refractivity contribution is 9.10. The van der Waals surface area contributed by atoms with Gasteiger partial charge in [-0.1, -0.05) is 51.8 Å². The van der Waals surface area contributed by atoms with E-state index in [0.717, 1.165) is 15.7 Å². The Morgan fingerprint density at radius 2 is 1.93 bits per heavy atom. The number of benzene rings is 2. The molecule has 0 fully saturated rings. The minimum absolute atomic E-state index is 0.287. The van der Waals surface area contributed by atoms with Crippen molar-refractivity contribution in [3.63, 3.8) is 0 Å². The number of nitrogens with zero attached hydrogens (tertiary/aromatic N) is 5. The predicted octanol–water partition coefficient (Wildman–Crippen LogP) is 6.10. The summed E-state index contributed by atoms with van der Waals surface area (Å²) in [7, 11) is 0. The van der Waals surface area contributed by atoms with Crippen LogP contribution in [0.4, 0.5) is 10.8 Å². The number of azo groups is 1. The van der Waals surface area contributed by atoms with E-state index in [-0.39, 0.29) is 5.91 Å². The van der Waals surface area contributed by atoms with Crippen molar-refractivity contribution in [2.24, 2.45) is 15.3 Å². The van der Waals surface area contributed by atoms with E-state index in [1.165, 1.54) is 16.3 Å². The number of aromatic nitrogens is 1. The lowest BCUT2D eigenvalue weighted by molar-refractivity contribution is -0.117. The van der Waals surface area contributed by atoms with E-state index in [0.29, 0.717) is 21.6 Å². The lowest BCUT2D eigenvalue weighted by Crippen LogP contribution is -2.29. The van der Waals surface area contributed by atoms with Gasteiger partial charge in [0.1, 0.15) is 5.69 Å². The molecule has 1 aromatic heterocycles. The molecule has 0 bridgehead atoms. The molecule has 0 saturated heterocycles. The molecule has 1 aliphatic rings. The quantitative estimate of drug-likeness (QED) is 0.429. The van der Waals surface area contributed by atoms with E-state index in [4.69, 9.17) is 11.6 Å². The van der Waals surface area contributed by atoms with Crippen molar-refractivity contribution in [1.82, 2.24) is 4.98 Å². The first-order valence-electron chi connectivity index (χ1n) is 8.29. The van der Waals surface area contributed by atoms with Gasteiger partial charge in [0.15, 0.2) is 6.04 Å². The average Bonchev–Trinajstić information content (AvgIpc) is 3.27. The Morgan fingerprint density at radius 3 is 2.68 bits per heavy atom. The molecule has 3 aromatic rings. The largest absolute Gasteiger partial charge is 0.282 e. The first kappa shape index (κ1) is 18.9. The van der Waals surface area contributed by atoms with Crippen molar-refractivity contribution in [2.75, 3.05) is 5.01 Å². The summed E-state index contributed by atoms with van der Waals surface area (Å²) in [6.07, 6.45) is 0. The van der Waals surface area contributed by atoms with Gasteiger partial charge in [0, 0.05) is 15.4 Å². The molecule has 2 aromatic carbocycles. The third kappa shape index (κ3) is 3.76. The fraction of sp³-hybridized carbons (Fsp3) is 0.105. The number of hydrogen-bond donors (Lipinski definition) is 0. The first-order valence-corrected chi connectivity index (χ1v) is 10.3. The SMILES string of the molecule is CC1=NN(c2nc(-c3ccc(Br)cc3)cs2)C(=O)[C@@H]1N=Nc1ccccc1Cl. The maximum atomic E-state index is 12.8. The first-order chi connectivity index (χ1) is 13.5. The lowest BCUT2D eigenvalue weighted by Gasteiger charge is -2.08.